The molecule has 2 aromatic heterocycles. The number of carbonyl (C=O) groups excluding carboxylic acids is 2. The number of benzene rings is 2. The molecule has 0 aliphatic carbocycles. The SMILES string of the molecule is CC1CN(C(=O)OC(C)(C)C)CCN1c1nc2cc(F)cc(Br)c2o1.CCCCOC(=O)N1CCN(c2nc3c(C)c(Cl)cc(Br)c3o2)C(C)C1. The van der Waals surface area contributed by atoms with Crippen molar-refractivity contribution in [3.63, 3.8) is 0 Å². The van der Waals surface area contributed by atoms with Crippen LogP contribution in [0.4, 0.5) is 26.0 Å². The van der Waals surface area contributed by atoms with Gasteiger partial charge in [-0.1, -0.05) is 24.9 Å². The first-order valence-electron chi connectivity index (χ1n) is 17.0. The summed E-state index contributed by atoms with van der Waals surface area (Å²) < 4.78 is 37.4. The highest BCUT2D eigenvalue weighted by atomic mass is 79.9. The van der Waals surface area contributed by atoms with Gasteiger partial charge in [0.05, 0.1) is 15.6 Å². The van der Waals surface area contributed by atoms with Gasteiger partial charge in [0.1, 0.15) is 22.5 Å². The number of amides is 2. The van der Waals surface area contributed by atoms with E-state index in [0.29, 0.717) is 84.1 Å². The number of rotatable bonds is 5. The molecule has 4 aromatic rings. The van der Waals surface area contributed by atoms with Crippen molar-refractivity contribution in [1.82, 2.24) is 19.8 Å². The Hall–Kier alpha value is -3.30. The van der Waals surface area contributed by atoms with Gasteiger partial charge in [-0.15, -0.1) is 0 Å². The van der Waals surface area contributed by atoms with E-state index in [4.69, 9.17) is 29.9 Å². The van der Waals surface area contributed by atoms with E-state index in [9.17, 15) is 14.0 Å². The third-order valence-corrected chi connectivity index (χ3v) is 10.1. The molecule has 278 valence electrons. The fourth-order valence-electron chi connectivity index (χ4n) is 5.85. The molecule has 12 nitrogen and oxygen atoms in total. The smallest absolute Gasteiger partial charge is 0.410 e. The van der Waals surface area contributed by atoms with Crippen LogP contribution in [0, 0.1) is 12.7 Å². The van der Waals surface area contributed by atoms with Crippen molar-refractivity contribution in [2.75, 3.05) is 55.7 Å². The van der Waals surface area contributed by atoms with Crippen LogP contribution < -0.4 is 9.80 Å². The molecule has 0 saturated carbocycles. The van der Waals surface area contributed by atoms with E-state index in [1.807, 2.05) is 45.6 Å². The number of unbranched alkanes of at least 4 members (excludes halogenated alkanes) is 1. The Morgan fingerprint density at radius 3 is 2.08 bits per heavy atom. The highest BCUT2D eigenvalue weighted by Crippen LogP contribution is 2.36. The van der Waals surface area contributed by atoms with Gasteiger partial charge in [0.25, 0.3) is 12.0 Å². The minimum Gasteiger partial charge on any atom is -0.449 e. The van der Waals surface area contributed by atoms with Crippen molar-refractivity contribution in [2.45, 2.75) is 79.0 Å². The molecule has 0 radical (unpaired) electrons. The molecule has 2 amide bonds. The molecule has 2 aliphatic heterocycles. The molecule has 2 fully saturated rings. The fraction of sp³-hybridized carbons (Fsp3) is 0.543. The minimum absolute atomic E-state index is 0.00190. The number of aryl methyl sites for hydroxylation is 1. The topological polar surface area (TPSA) is 118 Å². The Balaban J connectivity index is 0.000000198. The second kappa shape index (κ2) is 16.2. The average Bonchev–Trinajstić information content (AvgIpc) is 3.69. The van der Waals surface area contributed by atoms with Crippen LogP contribution in [0.25, 0.3) is 22.2 Å². The summed E-state index contributed by atoms with van der Waals surface area (Å²) in [5.41, 5.74) is 2.80. The van der Waals surface area contributed by atoms with Gasteiger partial charge in [-0.25, -0.2) is 14.0 Å². The Labute approximate surface area is 318 Å². The van der Waals surface area contributed by atoms with Crippen LogP contribution in [0.2, 0.25) is 5.02 Å². The molecule has 2 saturated heterocycles. The Morgan fingerprint density at radius 1 is 0.922 bits per heavy atom. The number of oxazole rings is 2. The van der Waals surface area contributed by atoms with Gasteiger partial charge in [0, 0.05) is 62.4 Å². The second-order valence-electron chi connectivity index (χ2n) is 13.8. The molecule has 0 bridgehead atoms. The zero-order chi connectivity index (χ0) is 37.2. The third kappa shape index (κ3) is 9.20. The highest BCUT2D eigenvalue weighted by molar-refractivity contribution is 9.11. The number of fused-ring (bicyclic) bond motifs is 2. The molecular formula is C35H44Br2ClFN6O6. The normalized spacial score (nSPS) is 18.3. The molecule has 51 heavy (non-hydrogen) atoms. The molecule has 0 spiro atoms. The van der Waals surface area contributed by atoms with Crippen LogP contribution >= 0.6 is 43.5 Å². The molecule has 2 aliphatic rings. The second-order valence-corrected chi connectivity index (χ2v) is 15.9. The zero-order valence-corrected chi connectivity index (χ0v) is 33.8. The Bertz CT molecular complexity index is 1880. The highest BCUT2D eigenvalue weighted by Gasteiger charge is 2.33. The summed E-state index contributed by atoms with van der Waals surface area (Å²) in [6.45, 7) is 17.4. The summed E-state index contributed by atoms with van der Waals surface area (Å²) in [6.07, 6.45) is 1.34. The van der Waals surface area contributed by atoms with Crippen LogP contribution in [0.5, 0.6) is 0 Å². The molecule has 2 unspecified atom stereocenters. The maximum atomic E-state index is 13.5. The number of hydrogen-bond acceptors (Lipinski definition) is 10. The number of aromatic nitrogens is 2. The van der Waals surface area contributed by atoms with Gasteiger partial charge in [0.15, 0.2) is 11.2 Å². The lowest BCUT2D eigenvalue weighted by atomic mass is 10.2. The summed E-state index contributed by atoms with van der Waals surface area (Å²) >= 11 is 13.0. The van der Waals surface area contributed by atoms with Crippen molar-refractivity contribution >= 4 is 89.9 Å². The monoisotopic (exact) mass is 856 g/mol. The molecule has 6 rings (SSSR count). The first-order valence-corrected chi connectivity index (χ1v) is 19.0. The summed E-state index contributed by atoms with van der Waals surface area (Å²) in [6, 6.07) is 5.57. The largest absolute Gasteiger partial charge is 0.449 e. The summed E-state index contributed by atoms with van der Waals surface area (Å²) in [4.78, 5) is 40.9. The summed E-state index contributed by atoms with van der Waals surface area (Å²) in [5.74, 6) is -0.373. The number of hydrogen-bond donors (Lipinski definition) is 0. The summed E-state index contributed by atoms with van der Waals surface area (Å²) in [5, 5.41) is 0.650. The van der Waals surface area contributed by atoms with Crippen molar-refractivity contribution in [3.8, 4) is 0 Å². The van der Waals surface area contributed by atoms with Crippen molar-refractivity contribution in [2.24, 2.45) is 0 Å². The molecular weight excluding hydrogens is 815 g/mol. The van der Waals surface area contributed by atoms with Gasteiger partial charge in [-0.2, -0.15) is 9.97 Å². The van der Waals surface area contributed by atoms with Crippen LogP contribution in [-0.2, 0) is 9.47 Å². The molecule has 2 atom stereocenters. The van der Waals surface area contributed by atoms with Crippen LogP contribution in [0.1, 0.15) is 59.9 Å². The van der Waals surface area contributed by atoms with E-state index in [-0.39, 0.29) is 30.1 Å². The van der Waals surface area contributed by atoms with Gasteiger partial charge in [-0.05, 0) is 97.5 Å². The van der Waals surface area contributed by atoms with Crippen LogP contribution in [0.15, 0.2) is 36.0 Å². The lowest BCUT2D eigenvalue weighted by Crippen LogP contribution is -2.54. The Kier molecular flexibility index (Phi) is 12.3. The van der Waals surface area contributed by atoms with Crippen molar-refractivity contribution in [3.05, 3.63) is 43.5 Å². The summed E-state index contributed by atoms with van der Waals surface area (Å²) in [7, 11) is 0. The lowest BCUT2D eigenvalue weighted by Gasteiger charge is -2.39. The molecule has 4 heterocycles. The maximum absolute atomic E-state index is 13.5. The lowest BCUT2D eigenvalue weighted by molar-refractivity contribution is 0.0216. The first-order chi connectivity index (χ1) is 24.1. The van der Waals surface area contributed by atoms with E-state index in [1.54, 1.807) is 9.80 Å². The average molecular weight is 859 g/mol. The van der Waals surface area contributed by atoms with Gasteiger partial charge >= 0.3 is 12.2 Å². The predicted octanol–water partition coefficient (Wildman–Crippen LogP) is 9.17. The van der Waals surface area contributed by atoms with E-state index in [2.05, 4.69) is 60.6 Å². The number of piperazine rings is 2. The minimum atomic E-state index is -0.520. The van der Waals surface area contributed by atoms with Gasteiger partial charge in [-0.3, -0.25) is 0 Å². The zero-order valence-electron chi connectivity index (χ0n) is 29.9. The number of ether oxygens (including phenoxy) is 2. The molecule has 0 N–H and O–H groups in total. The van der Waals surface area contributed by atoms with E-state index in [0.717, 1.165) is 28.4 Å². The predicted molar refractivity (Wildman–Crippen MR) is 202 cm³/mol. The van der Waals surface area contributed by atoms with Crippen molar-refractivity contribution < 1.29 is 32.3 Å². The number of carbonyl (C=O) groups is 2. The number of anilines is 2. The van der Waals surface area contributed by atoms with Crippen molar-refractivity contribution in [1.29, 1.82) is 0 Å². The van der Waals surface area contributed by atoms with E-state index >= 15 is 0 Å². The van der Waals surface area contributed by atoms with Gasteiger partial charge in [0.2, 0.25) is 0 Å². The standard InChI is InChI=1S/C18H23BrClN3O3.C17H21BrFN3O3/c1-4-5-8-25-18(24)22-6-7-23(11(2)10-22)17-21-15-12(3)14(20)9-13(19)16(15)26-17;1-10-9-21(16(23)25-17(2,3)4)5-6-22(10)15-20-13-8-11(19)7-12(18)14(13)24-15/h9,11H,4-8,10H2,1-3H3;7-8,10H,5-6,9H2,1-4H3. The van der Waals surface area contributed by atoms with E-state index in [1.165, 1.54) is 12.1 Å². The maximum Gasteiger partial charge on any atom is 0.410 e. The van der Waals surface area contributed by atoms with E-state index < -0.39 is 5.60 Å². The fourth-order valence-corrected chi connectivity index (χ4v) is 7.18. The first kappa shape index (κ1) is 38.9. The number of halogens is 4. The number of nitrogens with zero attached hydrogens (tertiary/aromatic N) is 6. The third-order valence-electron chi connectivity index (χ3n) is 8.58. The van der Waals surface area contributed by atoms with Crippen LogP contribution in [-0.4, -0.2) is 95.5 Å². The quantitative estimate of drug-likeness (QED) is 0.180. The van der Waals surface area contributed by atoms with Gasteiger partial charge < -0.3 is 37.9 Å². The Morgan fingerprint density at radius 2 is 1.49 bits per heavy atom. The van der Waals surface area contributed by atoms with Crippen LogP contribution in [0.3, 0.4) is 0 Å². The molecule has 16 heteroatoms. The molecule has 2 aromatic carbocycles.